The molecular weight excluding hydrogens is 422 g/mol. The van der Waals surface area contributed by atoms with Crippen LogP contribution in [0, 0.1) is 5.41 Å². The fraction of sp³-hybridized carbons (Fsp3) is 0.320. The van der Waals surface area contributed by atoms with E-state index < -0.39 is 5.41 Å². The van der Waals surface area contributed by atoms with Crippen LogP contribution >= 0.6 is 11.3 Å². The summed E-state index contributed by atoms with van der Waals surface area (Å²) in [7, 11) is 3.21. The molecule has 2 amide bonds. The monoisotopic (exact) mass is 449 g/mol. The van der Waals surface area contributed by atoms with Crippen molar-refractivity contribution in [2.75, 3.05) is 27.2 Å². The number of thiophene rings is 1. The van der Waals surface area contributed by atoms with Crippen molar-refractivity contribution in [2.24, 2.45) is 5.41 Å². The van der Waals surface area contributed by atoms with Gasteiger partial charge < -0.3 is 15.0 Å². The first-order chi connectivity index (χ1) is 15.5. The number of carbonyl (C=O) groups excluding carboxylic acids is 2. The summed E-state index contributed by atoms with van der Waals surface area (Å²) in [5.41, 5.74) is 2.10. The molecule has 166 valence electrons. The molecule has 0 saturated carbocycles. The molecule has 6 nitrogen and oxygen atoms in total. The normalized spacial score (nSPS) is 18.2. The Hall–Kier alpha value is -3.19. The lowest BCUT2D eigenvalue weighted by molar-refractivity contribution is -0.133. The fourth-order valence-electron chi connectivity index (χ4n) is 4.41. The lowest BCUT2D eigenvalue weighted by Gasteiger charge is -2.41. The fourth-order valence-corrected chi connectivity index (χ4v) is 5.14. The van der Waals surface area contributed by atoms with Gasteiger partial charge in [0, 0.05) is 37.3 Å². The zero-order valence-electron chi connectivity index (χ0n) is 18.3. The third-order valence-corrected chi connectivity index (χ3v) is 6.99. The maximum absolute atomic E-state index is 13.1. The molecule has 3 aromatic rings. The Kier molecular flexibility index (Phi) is 6.55. The number of hydrogen-bond acceptors (Lipinski definition) is 5. The highest BCUT2D eigenvalue weighted by molar-refractivity contribution is 7.13. The number of piperidine rings is 1. The minimum absolute atomic E-state index is 0.0230. The van der Waals surface area contributed by atoms with E-state index in [0.717, 1.165) is 18.4 Å². The molecule has 1 fully saturated rings. The number of nitrogens with one attached hydrogen (secondary N) is 1. The van der Waals surface area contributed by atoms with Crippen LogP contribution in [0.5, 0.6) is 5.88 Å². The number of rotatable bonds is 6. The summed E-state index contributed by atoms with van der Waals surface area (Å²) in [6, 6.07) is 15.9. The van der Waals surface area contributed by atoms with Crippen LogP contribution in [-0.4, -0.2) is 48.9 Å². The number of ether oxygens (including phenoxy) is 1. The second-order valence-electron chi connectivity index (χ2n) is 8.13. The summed E-state index contributed by atoms with van der Waals surface area (Å²) in [6.07, 6.45) is 3.63. The standard InChI is InChI=1S/C25H27N3O3S/c1-26-24(30)25(15-18-6-8-19(9-7-18)21-5-3-14-32-21)12-4-13-28(17-25)23(29)20-10-11-22(31-2)27-16-20/h3,5-11,14,16H,4,12-13,15,17H2,1-2H3,(H,26,30)/t25-/m0/s1. The van der Waals surface area contributed by atoms with Crippen molar-refractivity contribution in [1.82, 2.24) is 15.2 Å². The van der Waals surface area contributed by atoms with E-state index in [2.05, 4.69) is 46.0 Å². The topological polar surface area (TPSA) is 71.5 Å². The Morgan fingerprint density at radius 2 is 2.00 bits per heavy atom. The van der Waals surface area contributed by atoms with Crippen LogP contribution in [-0.2, 0) is 11.2 Å². The van der Waals surface area contributed by atoms with E-state index in [1.54, 1.807) is 42.5 Å². The number of pyridine rings is 1. The van der Waals surface area contributed by atoms with E-state index >= 15 is 0 Å². The number of hydrogen-bond donors (Lipinski definition) is 1. The Morgan fingerprint density at radius 3 is 2.62 bits per heavy atom. The number of likely N-dealkylation sites (tertiary alicyclic amines) is 1. The lowest BCUT2D eigenvalue weighted by atomic mass is 9.74. The Bertz CT molecular complexity index is 1060. The third kappa shape index (κ3) is 4.53. The maximum atomic E-state index is 13.1. The SMILES string of the molecule is CNC(=O)[C@]1(Cc2ccc(-c3cccs3)cc2)CCCN(C(=O)c2ccc(OC)nc2)C1. The smallest absolute Gasteiger partial charge is 0.255 e. The molecule has 1 saturated heterocycles. The first-order valence-corrected chi connectivity index (χ1v) is 11.6. The number of nitrogens with zero attached hydrogens (tertiary/aromatic N) is 2. The van der Waals surface area contributed by atoms with Gasteiger partial charge >= 0.3 is 0 Å². The van der Waals surface area contributed by atoms with E-state index in [1.807, 2.05) is 6.07 Å². The Morgan fingerprint density at radius 1 is 1.19 bits per heavy atom. The van der Waals surface area contributed by atoms with Gasteiger partial charge in [0.25, 0.3) is 5.91 Å². The van der Waals surface area contributed by atoms with E-state index in [1.165, 1.54) is 16.6 Å². The van der Waals surface area contributed by atoms with Gasteiger partial charge in [-0.05, 0) is 47.9 Å². The van der Waals surface area contributed by atoms with Gasteiger partial charge in [-0.1, -0.05) is 30.3 Å². The largest absolute Gasteiger partial charge is 0.481 e. The van der Waals surface area contributed by atoms with E-state index in [9.17, 15) is 9.59 Å². The summed E-state index contributed by atoms with van der Waals surface area (Å²) in [5, 5.41) is 4.91. The van der Waals surface area contributed by atoms with Crippen molar-refractivity contribution in [3.63, 3.8) is 0 Å². The third-order valence-electron chi connectivity index (χ3n) is 6.07. The average molecular weight is 450 g/mol. The van der Waals surface area contributed by atoms with Crippen molar-refractivity contribution in [3.05, 3.63) is 71.2 Å². The molecule has 1 atom stereocenters. The zero-order chi connectivity index (χ0) is 22.6. The summed E-state index contributed by atoms with van der Waals surface area (Å²) >= 11 is 1.71. The molecule has 1 N–H and O–H groups in total. The molecule has 32 heavy (non-hydrogen) atoms. The number of carbonyl (C=O) groups is 2. The molecule has 1 aliphatic rings. The van der Waals surface area contributed by atoms with Crippen LogP contribution < -0.4 is 10.1 Å². The van der Waals surface area contributed by atoms with Crippen LogP contribution in [0.25, 0.3) is 10.4 Å². The second kappa shape index (κ2) is 9.53. The zero-order valence-corrected chi connectivity index (χ0v) is 19.2. The lowest BCUT2D eigenvalue weighted by Crippen LogP contribution is -2.54. The molecule has 0 spiro atoms. The van der Waals surface area contributed by atoms with Gasteiger partial charge in [0.05, 0.1) is 18.1 Å². The van der Waals surface area contributed by atoms with Gasteiger partial charge in [-0.2, -0.15) is 0 Å². The van der Waals surface area contributed by atoms with Crippen LogP contribution in [0.1, 0.15) is 28.8 Å². The van der Waals surface area contributed by atoms with Crippen LogP contribution in [0.15, 0.2) is 60.1 Å². The van der Waals surface area contributed by atoms with Gasteiger partial charge in [-0.15, -0.1) is 11.3 Å². The highest BCUT2D eigenvalue weighted by Crippen LogP contribution is 2.35. The van der Waals surface area contributed by atoms with Crippen molar-refractivity contribution >= 4 is 23.2 Å². The Labute approximate surface area is 192 Å². The molecule has 4 rings (SSSR count). The quantitative estimate of drug-likeness (QED) is 0.617. The molecule has 7 heteroatoms. The van der Waals surface area contributed by atoms with Crippen molar-refractivity contribution in [2.45, 2.75) is 19.3 Å². The Balaban J connectivity index is 1.55. The van der Waals surface area contributed by atoms with Crippen molar-refractivity contribution in [3.8, 4) is 16.3 Å². The highest BCUT2D eigenvalue weighted by atomic mass is 32.1. The summed E-state index contributed by atoms with van der Waals surface area (Å²) in [5.74, 6) is 0.331. The van der Waals surface area contributed by atoms with E-state index in [4.69, 9.17) is 4.74 Å². The molecule has 1 aromatic carbocycles. The van der Waals surface area contributed by atoms with Crippen LogP contribution in [0.4, 0.5) is 0 Å². The number of aromatic nitrogens is 1. The minimum Gasteiger partial charge on any atom is -0.481 e. The first-order valence-electron chi connectivity index (χ1n) is 10.7. The molecule has 2 aromatic heterocycles. The predicted molar refractivity (Wildman–Crippen MR) is 126 cm³/mol. The molecule has 0 aliphatic carbocycles. The first kappa shape index (κ1) is 22.0. The van der Waals surface area contributed by atoms with Gasteiger partial charge in [-0.25, -0.2) is 4.98 Å². The molecule has 1 aliphatic heterocycles. The van der Waals surface area contributed by atoms with Gasteiger partial charge in [0.1, 0.15) is 0 Å². The van der Waals surface area contributed by atoms with Gasteiger partial charge in [0.2, 0.25) is 11.8 Å². The summed E-state index contributed by atoms with van der Waals surface area (Å²) in [6.45, 7) is 1.01. The number of amides is 2. The van der Waals surface area contributed by atoms with Gasteiger partial charge in [-0.3, -0.25) is 9.59 Å². The average Bonchev–Trinajstić information content (AvgIpc) is 3.39. The highest BCUT2D eigenvalue weighted by Gasteiger charge is 2.43. The summed E-state index contributed by atoms with van der Waals surface area (Å²) < 4.78 is 5.08. The van der Waals surface area contributed by atoms with Gasteiger partial charge in [0.15, 0.2) is 0 Å². The molecule has 0 bridgehead atoms. The number of methoxy groups -OCH3 is 1. The van der Waals surface area contributed by atoms with Crippen molar-refractivity contribution < 1.29 is 14.3 Å². The van der Waals surface area contributed by atoms with Crippen LogP contribution in [0.2, 0.25) is 0 Å². The summed E-state index contributed by atoms with van der Waals surface area (Å²) in [4.78, 5) is 33.4. The van der Waals surface area contributed by atoms with Crippen molar-refractivity contribution in [1.29, 1.82) is 0 Å². The second-order valence-corrected chi connectivity index (χ2v) is 9.08. The number of benzene rings is 1. The van der Waals surface area contributed by atoms with Crippen LogP contribution in [0.3, 0.4) is 0 Å². The minimum atomic E-state index is -0.660. The molecule has 3 heterocycles. The molecule has 0 unspecified atom stereocenters. The van der Waals surface area contributed by atoms with E-state index in [-0.39, 0.29) is 11.8 Å². The molecular formula is C25H27N3O3S. The maximum Gasteiger partial charge on any atom is 0.255 e. The molecule has 0 radical (unpaired) electrons. The van der Waals surface area contributed by atoms with E-state index in [0.29, 0.717) is 31.0 Å². The predicted octanol–water partition coefficient (Wildman–Crippen LogP) is 4.03.